The van der Waals surface area contributed by atoms with Crippen LogP contribution in [0.25, 0.3) is 0 Å². The number of aromatic hydroxyl groups is 1. The summed E-state index contributed by atoms with van der Waals surface area (Å²) < 4.78 is 21.5. The summed E-state index contributed by atoms with van der Waals surface area (Å²) in [5.74, 6) is -0.316. The normalized spacial score (nSPS) is 11.0. The van der Waals surface area contributed by atoms with E-state index in [2.05, 4.69) is 6.92 Å². The van der Waals surface area contributed by atoms with E-state index in [1.165, 1.54) is 82.1 Å². The number of unbranched alkanes of at least 4 members (excludes halogenated alkanes) is 9. The van der Waals surface area contributed by atoms with E-state index in [0.29, 0.717) is 38.6 Å². The lowest BCUT2D eigenvalue weighted by Crippen LogP contribution is -2.14. The maximum absolute atomic E-state index is 11.7. The van der Waals surface area contributed by atoms with Gasteiger partial charge >= 0.3 is 5.97 Å². The van der Waals surface area contributed by atoms with E-state index in [1.54, 1.807) is 0 Å². The van der Waals surface area contributed by atoms with Gasteiger partial charge in [-0.05, 0) is 30.7 Å². The van der Waals surface area contributed by atoms with Gasteiger partial charge in [0.2, 0.25) is 0 Å². The molecule has 1 aromatic carbocycles. The predicted octanol–water partition coefficient (Wildman–Crippen LogP) is 5.52. The van der Waals surface area contributed by atoms with Crippen LogP contribution in [0.5, 0.6) is 5.75 Å². The third-order valence-electron chi connectivity index (χ3n) is 4.95. The molecule has 0 unspecified atom stereocenters. The molecule has 1 aromatic rings. The molecular weight excluding hydrogens is 396 g/mol. The average Bonchev–Trinajstić information content (AvgIpc) is 2.78. The SMILES string of the molecule is CCCCCCCCCCCCOCCOCCOCCOC(=O)c1ccc(O)cc1. The molecule has 6 heteroatoms. The minimum Gasteiger partial charge on any atom is -0.508 e. The fraction of sp³-hybridized carbons (Fsp3) is 0.720. The first-order valence-corrected chi connectivity index (χ1v) is 11.9. The lowest BCUT2D eigenvalue weighted by molar-refractivity contribution is 0.000184. The van der Waals surface area contributed by atoms with Gasteiger partial charge in [0.15, 0.2) is 0 Å². The smallest absolute Gasteiger partial charge is 0.338 e. The monoisotopic (exact) mass is 438 g/mol. The molecule has 31 heavy (non-hydrogen) atoms. The van der Waals surface area contributed by atoms with Crippen LogP contribution in [-0.2, 0) is 18.9 Å². The second-order valence-corrected chi connectivity index (χ2v) is 7.70. The molecule has 0 saturated heterocycles. The minimum atomic E-state index is -0.431. The summed E-state index contributed by atoms with van der Waals surface area (Å²) in [5, 5.41) is 9.20. The van der Waals surface area contributed by atoms with Crippen LogP contribution in [0.2, 0.25) is 0 Å². The molecule has 0 bridgehead atoms. The van der Waals surface area contributed by atoms with Crippen LogP contribution in [0.4, 0.5) is 0 Å². The molecule has 0 aromatic heterocycles. The second kappa shape index (κ2) is 20.3. The van der Waals surface area contributed by atoms with Crippen molar-refractivity contribution in [2.75, 3.05) is 46.2 Å². The van der Waals surface area contributed by atoms with Gasteiger partial charge in [-0.1, -0.05) is 64.7 Å². The highest BCUT2D eigenvalue weighted by molar-refractivity contribution is 5.89. The number of hydrogen-bond donors (Lipinski definition) is 1. The molecule has 0 amide bonds. The summed E-state index contributed by atoms with van der Waals surface area (Å²) in [6, 6.07) is 5.94. The average molecular weight is 439 g/mol. The van der Waals surface area contributed by atoms with Gasteiger partial charge in [0.1, 0.15) is 12.4 Å². The quantitative estimate of drug-likeness (QED) is 0.201. The Morgan fingerprint density at radius 1 is 0.645 bits per heavy atom. The second-order valence-electron chi connectivity index (χ2n) is 7.70. The van der Waals surface area contributed by atoms with Crippen molar-refractivity contribution >= 4 is 5.97 Å². The van der Waals surface area contributed by atoms with E-state index in [1.807, 2.05) is 0 Å². The Morgan fingerprint density at radius 2 is 1.10 bits per heavy atom. The van der Waals surface area contributed by atoms with Gasteiger partial charge in [-0.3, -0.25) is 0 Å². The number of esters is 1. The molecule has 0 atom stereocenters. The number of phenolic OH excluding ortho intramolecular Hbond substituents is 1. The van der Waals surface area contributed by atoms with Crippen molar-refractivity contribution in [2.24, 2.45) is 0 Å². The van der Waals surface area contributed by atoms with Gasteiger partial charge in [0, 0.05) is 6.61 Å². The molecule has 1 N–H and O–H groups in total. The Labute approximate surface area is 188 Å². The Bertz CT molecular complexity index is 531. The van der Waals surface area contributed by atoms with Gasteiger partial charge in [-0.15, -0.1) is 0 Å². The number of benzene rings is 1. The van der Waals surface area contributed by atoms with E-state index in [0.717, 1.165) is 13.0 Å². The topological polar surface area (TPSA) is 74.2 Å². The Balaban J connectivity index is 1.74. The highest BCUT2D eigenvalue weighted by Gasteiger charge is 2.06. The first kappa shape index (κ1) is 27.4. The van der Waals surface area contributed by atoms with E-state index in [4.69, 9.17) is 18.9 Å². The zero-order valence-corrected chi connectivity index (χ0v) is 19.3. The summed E-state index contributed by atoms with van der Waals surface area (Å²) in [6.07, 6.45) is 13.3. The first-order chi connectivity index (χ1) is 15.2. The maximum Gasteiger partial charge on any atom is 0.338 e. The molecule has 6 nitrogen and oxygen atoms in total. The highest BCUT2D eigenvalue weighted by atomic mass is 16.6. The predicted molar refractivity (Wildman–Crippen MR) is 123 cm³/mol. The Morgan fingerprint density at radius 3 is 1.65 bits per heavy atom. The van der Waals surface area contributed by atoms with Crippen LogP contribution < -0.4 is 0 Å². The van der Waals surface area contributed by atoms with Crippen LogP contribution in [-0.4, -0.2) is 57.3 Å². The molecule has 0 aliphatic rings. The number of carbonyl (C=O) groups is 1. The molecule has 0 heterocycles. The van der Waals surface area contributed by atoms with Crippen molar-refractivity contribution in [3.05, 3.63) is 29.8 Å². The molecule has 0 aliphatic heterocycles. The number of ether oxygens (including phenoxy) is 4. The Kier molecular flexibility index (Phi) is 17.9. The van der Waals surface area contributed by atoms with Crippen molar-refractivity contribution < 1.29 is 28.8 Å². The molecule has 1 rings (SSSR count). The first-order valence-electron chi connectivity index (χ1n) is 11.9. The molecule has 178 valence electrons. The van der Waals surface area contributed by atoms with Gasteiger partial charge in [-0.25, -0.2) is 4.79 Å². The molecule has 0 fully saturated rings. The lowest BCUT2D eigenvalue weighted by Gasteiger charge is -2.08. The number of hydrogen-bond acceptors (Lipinski definition) is 6. The summed E-state index contributed by atoms with van der Waals surface area (Å²) in [6.45, 7) is 5.70. The maximum atomic E-state index is 11.7. The number of rotatable bonds is 21. The third-order valence-corrected chi connectivity index (χ3v) is 4.95. The fourth-order valence-electron chi connectivity index (χ4n) is 3.11. The Hall–Kier alpha value is -1.63. The lowest BCUT2D eigenvalue weighted by atomic mass is 10.1. The summed E-state index contributed by atoms with van der Waals surface area (Å²) in [5.41, 5.74) is 0.402. The van der Waals surface area contributed by atoms with Crippen LogP contribution in [0.15, 0.2) is 24.3 Å². The molecular formula is C25H42O6. The summed E-state index contributed by atoms with van der Waals surface area (Å²) in [7, 11) is 0. The molecule has 0 radical (unpaired) electrons. The van der Waals surface area contributed by atoms with E-state index < -0.39 is 5.97 Å². The minimum absolute atomic E-state index is 0.115. The zero-order valence-electron chi connectivity index (χ0n) is 19.3. The van der Waals surface area contributed by atoms with Crippen LogP contribution >= 0.6 is 0 Å². The summed E-state index contributed by atoms with van der Waals surface area (Å²) in [4.78, 5) is 11.7. The zero-order chi connectivity index (χ0) is 22.4. The van der Waals surface area contributed by atoms with Gasteiger partial charge < -0.3 is 24.1 Å². The molecule has 0 saturated carbocycles. The molecule has 0 spiro atoms. The largest absolute Gasteiger partial charge is 0.508 e. The van der Waals surface area contributed by atoms with Gasteiger partial charge in [0.25, 0.3) is 0 Å². The standard InChI is InChI=1S/C25H42O6/c1-2-3-4-5-6-7-8-9-10-11-16-28-17-18-29-19-20-30-21-22-31-25(27)23-12-14-24(26)15-13-23/h12-15,26H,2-11,16-22H2,1H3. The van der Waals surface area contributed by atoms with E-state index in [9.17, 15) is 9.90 Å². The van der Waals surface area contributed by atoms with Crippen molar-refractivity contribution in [2.45, 2.75) is 71.1 Å². The van der Waals surface area contributed by atoms with Crippen LogP contribution in [0.3, 0.4) is 0 Å². The van der Waals surface area contributed by atoms with Crippen molar-refractivity contribution in [3.63, 3.8) is 0 Å². The van der Waals surface area contributed by atoms with Crippen LogP contribution in [0.1, 0.15) is 81.5 Å². The third kappa shape index (κ3) is 16.7. The fourth-order valence-corrected chi connectivity index (χ4v) is 3.11. The summed E-state index contributed by atoms with van der Waals surface area (Å²) >= 11 is 0. The van der Waals surface area contributed by atoms with Gasteiger partial charge in [-0.2, -0.15) is 0 Å². The number of phenols is 1. The van der Waals surface area contributed by atoms with Crippen LogP contribution in [0, 0.1) is 0 Å². The van der Waals surface area contributed by atoms with E-state index >= 15 is 0 Å². The highest BCUT2D eigenvalue weighted by Crippen LogP contribution is 2.11. The number of carbonyl (C=O) groups excluding carboxylic acids is 1. The van der Waals surface area contributed by atoms with E-state index in [-0.39, 0.29) is 12.4 Å². The van der Waals surface area contributed by atoms with Gasteiger partial charge in [0.05, 0.1) is 38.6 Å². The molecule has 0 aliphatic carbocycles. The van der Waals surface area contributed by atoms with Crippen molar-refractivity contribution in [1.82, 2.24) is 0 Å². The van der Waals surface area contributed by atoms with Crippen molar-refractivity contribution in [3.8, 4) is 5.75 Å². The van der Waals surface area contributed by atoms with Crippen molar-refractivity contribution in [1.29, 1.82) is 0 Å².